The highest BCUT2D eigenvalue weighted by atomic mass is 35.5. The van der Waals surface area contributed by atoms with Crippen molar-refractivity contribution in [2.24, 2.45) is 0 Å². The second-order valence-corrected chi connectivity index (χ2v) is 12.6. The molecular formula is C36H36Cl2N2O2. The normalized spacial score (nSPS) is 17.5. The van der Waals surface area contributed by atoms with E-state index in [9.17, 15) is 9.90 Å². The number of carbonyl (C=O) groups excluding carboxylic acids is 1. The summed E-state index contributed by atoms with van der Waals surface area (Å²) < 4.78 is 0. The molecule has 0 bridgehead atoms. The Kier molecular flexibility index (Phi) is 8.06. The molecule has 2 atom stereocenters. The highest BCUT2D eigenvalue weighted by Gasteiger charge is 2.40. The Bertz CT molecular complexity index is 1580. The van der Waals surface area contributed by atoms with Crippen LogP contribution in [0.3, 0.4) is 0 Å². The molecule has 6 rings (SSSR count). The minimum atomic E-state index is -0.418. The zero-order chi connectivity index (χ0) is 29.5. The number of nitrogens with zero attached hydrogens (tertiary/aromatic N) is 2. The Balaban J connectivity index is 1.39. The van der Waals surface area contributed by atoms with E-state index in [1.54, 1.807) is 0 Å². The van der Waals surface area contributed by atoms with Gasteiger partial charge in [0.15, 0.2) is 0 Å². The molecule has 6 heteroatoms. The van der Waals surface area contributed by atoms with Crippen LogP contribution in [0.2, 0.25) is 10.0 Å². The molecular weight excluding hydrogens is 563 g/mol. The maximum absolute atomic E-state index is 14.7. The molecule has 0 aromatic heterocycles. The molecule has 4 aromatic carbocycles. The number of phenols is 1. The lowest BCUT2D eigenvalue weighted by Crippen LogP contribution is -2.53. The standard InChI is InChI=1S/C36H36Cl2N2O2/c1-22-17-25(18-23(2)35(22)41)21-40(29-19-27-10-4-5-11-28(27)20-29)36(42)24(3)39-16-15-26-9-6-7-12-30(26)34(39)33-31(37)13-8-14-32(33)38/h4-14,17-18,24,29,34,41H,15-16,19-21H2,1-3H3/t24-,34+/m0/s1. The van der Waals surface area contributed by atoms with Gasteiger partial charge in [-0.25, -0.2) is 0 Å². The zero-order valence-corrected chi connectivity index (χ0v) is 25.8. The lowest BCUT2D eigenvalue weighted by Gasteiger charge is -2.43. The number of aromatic hydroxyl groups is 1. The molecule has 4 aromatic rings. The molecule has 42 heavy (non-hydrogen) atoms. The van der Waals surface area contributed by atoms with Crippen molar-refractivity contribution in [3.8, 4) is 5.75 Å². The monoisotopic (exact) mass is 598 g/mol. The van der Waals surface area contributed by atoms with Gasteiger partial charge < -0.3 is 10.0 Å². The second kappa shape index (κ2) is 11.8. The molecule has 1 N–H and O–H groups in total. The summed E-state index contributed by atoms with van der Waals surface area (Å²) in [5.41, 5.74) is 8.52. The number of amides is 1. The van der Waals surface area contributed by atoms with E-state index < -0.39 is 6.04 Å². The lowest BCUT2D eigenvalue weighted by atomic mass is 9.87. The summed E-state index contributed by atoms with van der Waals surface area (Å²) >= 11 is 13.6. The number of aryl methyl sites for hydroxylation is 2. The first-order valence-corrected chi connectivity index (χ1v) is 15.4. The fourth-order valence-electron chi connectivity index (χ4n) is 6.95. The van der Waals surface area contributed by atoms with Crippen molar-refractivity contribution in [3.63, 3.8) is 0 Å². The molecule has 1 aliphatic heterocycles. The van der Waals surface area contributed by atoms with Crippen LogP contribution in [-0.2, 0) is 30.6 Å². The van der Waals surface area contributed by atoms with Gasteiger partial charge in [-0.15, -0.1) is 0 Å². The van der Waals surface area contributed by atoms with Gasteiger partial charge in [0, 0.05) is 34.7 Å². The van der Waals surface area contributed by atoms with Crippen molar-refractivity contribution in [3.05, 3.63) is 133 Å². The molecule has 4 nitrogen and oxygen atoms in total. The van der Waals surface area contributed by atoms with Gasteiger partial charge in [-0.2, -0.15) is 0 Å². The Labute approximate surface area is 258 Å². The van der Waals surface area contributed by atoms with Gasteiger partial charge in [0.1, 0.15) is 5.75 Å². The number of rotatable bonds is 6. The van der Waals surface area contributed by atoms with E-state index in [1.807, 2.05) is 57.2 Å². The summed E-state index contributed by atoms with van der Waals surface area (Å²) in [5.74, 6) is 0.397. The number of halogens is 2. The largest absolute Gasteiger partial charge is 0.507 e. The van der Waals surface area contributed by atoms with Crippen molar-refractivity contribution in [2.75, 3.05) is 6.54 Å². The van der Waals surface area contributed by atoms with E-state index in [0.29, 0.717) is 28.9 Å². The third-order valence-corrected chi connectivity index (χ3v) is 9.76. The topological polar surface area (TPSA) is 43.8 Å². The average Bonchev–Trinajstić information content (AvgIpc) is 3.42. The van der Waals surface area contributed by atoms with Crippen LogP contribution >= 0.6 is 23.2 Å². The summed E-state index contributed by atoms with van der Waals surface area (Å²) in [7, 11) is 0. The molecule has 1 amide bonds. The predicted molar refractivity (Wildman–Crippen MR) is 170 cm³/mol. The quantitative estimate of drug-likeness (QED) is 0.246. The van der Waals surface area contributed by atoms with E-state index in [2.05, 4.69) is 52.3 Å². The van der Waals surface area contributed by atoms with Crippen LogP contribution in [0.5, 0.6) is 5.75 Å². The molecule has 0 saturated heterocycles. The van der Waals surface area contributed by atoms with Gasteiger partial charge in [-0.3, -0.25) is 9.69 Å². The molecule has 2 aliphatic rings. The molecule has 1 heterocycles. The molecule has 0 fully saturated rings. The maximum atomic E-state index is 14.7. The summed E-state index contributed by atoms with van der Waals surface area (Å²) in [6.45, 7) is 7.04. The molecule has 0 saturated carbocycles. The lowest BCUT2D eigenvalue weighted by molar-refractivity contribution is -0.140. The van der Waals surface area contributed by atoms with Gasteiger partial charge in [-0.05, 0) is 91.1 Å². The number of hydrogen-bond acceptors (Lipinski definition) is 3. The van der Waals surface area contributed by atoms with E-state index in [0.717, 1.165) is 47.1 Å². The fourth-order valence-corrected chi connectivity index (χ4v) is 7.56. The molecule has 1 aliphatic carbocycles. The van der Waals surface area contributed by atoms with Gasteiger partial charge in [0.2, 0.25) is 5.91 Å². The van der Waals surface area contributed by atoms with Crippen LogP contribution in [-0.4, -0.2) is 39.4 Å². The summed E-state index contributed by atoms with van der Waals surface area (Å²) in [6, 6.07) is 25.9. The van der Waals surface area contributed by atoms with Crippen molar-refractivity contribution >= 4 is 29.1 Å². The number of carbonyl (C=O) groups is 1. The first-order valence-electron chi connectivity index (χ1n) is 14.7. The van der Waals surface area contributed by atoms with Gasteiger partial charge in [0.05, 0.1) is 12.1 Å². The number of benzene rings is 4. The molecule has 0 unspecified atom stereocenters. The van der Waals surface area contributed by atoms with Crippen LogP contribution in [0.4, 0.5) is 0 Å². The average molecular weight is 600 g/mol. The van der Waals surface area contributed by atoms with Crippen molar-refractivity contribution < 1.29 is 9.90 Å². The summed E-state index contributed by atoms with van der Waals surface area (Å²) in [4.78, 5) is 19.1. The Morgan fingerprint density at radius 1 is 0.905 bits per heavy atom. The van der Waals surface area contributed by atoms with Gasteiger partial charge in [0.25, 0.3) is 0 Å². The fraction of sp³-hybridized carbons (Fsp3) is 0.306. The smallest absolute Gasteiger partial charge is 0.240 e. The zero-order valence-electron chi connectivity index (χ0n) is 24.3. The van der Waals surface area contributed by atoms with Crippen molar-refractivity contribution in [2.45, 2.75) is 64.7 Å². The van der Waals surface area contributed by atoms with Gasteiger partial charge in [-0.1, -0.05) is 89.9 Å². The highest BCUT2D eigenvalue weighted by Crippen LogP contribution is 2.43. The second-order valence-electron chi connectivity index (χ2n) is 11.8. The van der Waals surface area contributed by atoms with Crippen molar-refractivity contribution in [1.29, 1.82) is 0 Å². The third-order valence-electron chi connectivity index (χ3n) is 9.11. The van der Waals surface area contributed by atoms with Gasteiger partial charge >= 0.3 is 0 Å². The van der Waals surface area contributed by atoms with Crippen molar-refractivity contribution in [1.82, 2.24) is 9.80 Å². The maximum Gasteiger partial charge on any atom is 0.240 e. The van der Waals surface area contributed by atoms with Crippen LogP contribution < -0.4 is 0 Å². The van der Waals surface area contributed by atoms with Crippen LogP contribution in [0.25, 0.3) is 0 Å². The van der Waals surface area contributed by atoms with E-state index in [-0.39, 0.29) is 18.0 Å². The van der Waals surface area contributed by atoms with Crippen LogP contribution in [0.15, 0.2) is 78.9 Å². The van der Waals surface area contributed by atoms with Crippen LogP contribution in [0, 0.1) is 13.8 Å². The minimum Gasteiger partial charge on any atom is -0.507 e. The Hall–Kier alpha value is -3.31. The Morgan fingerprint density at radius 2 is 1.48 bits per heavy atom. The SMILES string of the molecule is Cc1cc(CN(C(=O)[C@H](C)N2CCc3ccccc3[C@@H]2c2c(Cl)cccc2Cl)C2Cc3ccccc3C2)cc(C)c1O. The third kappa shape index (κ3) is 5.32. The first kappa shape index (κ1) is 28.8. The van der Waals surface area contributed by atoms with E-state index in [1.165, 1.54) is 16.7 Å². The highest BCUT2D eigenvalue weighted by molar-refractivity contribution is 6.36. The molecule has 0 radical (unpaired) electrons. The summed E-state index contributed by atoms with van der Waals surface area (Å²) in [5, 5.41) is 11.6. The Morgan fingerprint density at radius 3 is 2.10 bits per heavy atom. The first-order chi connectivity index (χ1) is 20.2. The molecule has 0 spiro atoms. The minimum absolute atomic E-state index is 0.0474. The number of phenolic OH excluding ortho intramolecular Hbond substituents is 1. The molecule has 216 valence electrons. The van der Waals surface area contributed by atoms with E-state index >= 15 is 0 Å². The number of hydrogen-bond donors (Lipinski definition) is 1. The summed E-state index contributed by atoms with van der Waals surface area (Å²) in [6.07, 6.45) is 2.50. The predicted octanol–water partition coefficient (Wildman–Crippen LogP) is 7.85. The van der Waals surface area contributed by atoms with E-state index in [4.69, 9.17) is 23.2 Å². The number of fused-ring (bicyclic) bond motifs is 2. The van der Waals surface area contributed by atoms with Crippen LogP contribution in [0.1, 0.15) is 57.5 Å².